The molecule has 0 aromatic heterocycles. The van der Waals surface area contributed by atoms with E-state index in [1.807, 2.05) is 17.0 Å². The third kappa shape index (κ3) is 3.19. The van der Waals surface area contributed by atoms with Gasteiger partial charge in [0.2, 0.25) is 0 Å². The number of nitrogens with one attached hydrogen (secondary N) is 1. The van der Waals surface area contributed by atoms with Gasteiger partial charge in [-0.3, -0.25) is 4.79 Å². The Hall–Kier alpha value is -1.39. The summed E-state index contributed by atoms with van der Waals surface area (Å²) in [6, 6.07) is 6.26. The van der Waals surface area contributed by atoms with Gasteiger partial charge in [0.25, 0.3) is 5.91 Å². The van der Waals surface area contributed by atoms with E-state index in [0.717, 1.165) is 25.1 Å². The molecule has 0 saturated heterocycles. The molecule has 1 atom stereocenters. The number of carbonyl (C=O) groups is 1. The predicted molar refractivity (Wildman–Crippen MR) is 79.7 cm³/mol. The lowest BCUT2D eigenvalue weighted by Gasteiger charge is -2.28. The van der Waals surface area contributed by atoms with Gasteiger partial charge in [-0.15, -0.1) is 0 Å². The maximum Gasteiger partial charge on any atom is 0.254 e. The monoisotopic (exact) mass is 276 g/mol. The van der Waals surface area contributed by atoms with Gasteiger partial charge in [-0.2, -0.15) is 0 Å². The molecular formula is C16H24N2O2. The van der Waals surface area contributed by atoms with Crippen LogP contribution < -0.4 is 5.32 Å². The van der Waals surface area contributed by atoms with Gasteiger partial charge < -0.3 is 15.0 Å². The van der Waals surface area contributed by atoms with Crippen molar-refractivity contribution in [3.8, 4) is 0 Å². The van der Waals surface area contributed by atoms with E-state index in [1.54, 1.807) is 7.11 Å². The number of hydrogen-bond acceptors (Lipinski definition) is 3. The summed E-state index contributed by atoms with van der Waals surface area (Å²) >= 11 is 0. The predicted octanol–water partition coefficient (Wildman–Crippen LogP) is 2.18. The Balaban J connectivity index is 2.18. The fourth-order valence-electron chi connectivity index (χ4n) is 2.53. The second-order valence-corrected chi connectivity index (χ2v) is 5.34. The lowest BCUT2D eigenvalue weighted by atomic mass is 10.0. The minimum atomic E-state index is 0.103. The van der Waals surface area contributed by atoms with E-state index in [-0.39, 0.29) is 11.9 Å². The van der Waals surface area contributed by atoms with Crippen LogP contribution >= 0.6 is 0 Å². The minimum Gasteiger partial charge on any atom is -0.383 e. The largest absolute Gasteiger partial charge is 0.383 e. The SMILES string of the molecule is CCC(C)N(CCOC)C(=O)c1ccc2c(c1)CNC2. The van der Waals surface area contributed by atoms with Crippen LogP contribution in [0.4, 0.5) is 0 Å². The number of benzene rings is 1. The molecular weight excluding hydrogens is 252 g/mol. The molecule has 2 rings (SSSR count). The van der Waals surface area contributed by atoms with E-state index in [1.165, 1.54) is 11.1 Å². The zero-order chi connectivity index (χ0) is 14.5. The first-order chi connectivity index (χ1) is 9.67. The van der Waals surface area contributed by atoms with Crippen molar-refractivity contribution in [1.82, 2.24) is 10.2 Å². The van der Waals surface area contributed by atoms with Crippen LogP contribution in [0.25, 0.3) is 0 Å². The second kappa shape index (κ2) is 6.86. The van der Waals surface area contributed by atoms with Gasteiger partial charge in [-0.1, -0.05) is 13.0 Å². The Bertz CT molecular complexity index is 474. The van der Waals surface area contributed by atoms with Crippen molar-refractivity contribution in [3.05, 3.63) is 34.9 Å². The Morgan fingerprint density at radius 3 is 2.85 bits per heavy atom. The topological polar surface area (TPSA) is 41.6 Å². The van der Waals surface area contributed by atoms with Gasteiger partial charge in [0.1, 0.15) is 0 Å². The highest BCUT2D eigenvalue weighted by atomic mass is 16.5. The highest BCUT2D eigenvalue weighted by Gasteiger charge is 2.21. The summed E-state index contributed by atoms with van der Waals surface area (Å²) in [6.45, 7) is 7.16. The van der Waals surface area contributed by atoms with Crippen molar-refractivity contribution in [2.75, 3.05) is 20.3 Å². The molecule has 20 heavy (non-hydrogen) atoms. The Kier molecular flexibility index (Phi) is 5.15. The Morgan fingerprint density at radius 2 is 2.15 bits per heavy atom. The van der Waals surface area contributed by atoms with Gasteiger partial charge in [0, 0.05) is 38.3 Å². The number of methoxy groups -OCH3 is 1. The maximum absolute atomic E-state index is 12.7. The van der Waals surface area contributed by atoms with Gasteiger partial charge in [-0.25, -0.2) is 0 Å². The minimum absolute atomic E-state index is 0.103. The molecule has 0 aliphatic carbocycles. The van der Waals surface area contributed by atoms with Crippen LogP contribution in [0.2, 0.25) is 0 Å². The van der Waals surface area contributed by atoms with Crippen LogP contribution in [0, 0.1) is 0 Å². The standard InChI is InChI=1S/C16H24N2O2/c1-4-12(2)18(7-8-20-3)16(19)13-5-6-14-10-17-11-15(14)9-13/h5-6,9,12,17H,4,7-8,10-11H2,1-3H3. The molecule has 1 aromatic carbocycles. The first kappa shape index (κ1) is 15.0. The number of hydrogen-bond donors (Lipinski definition) is 1. The molecule has 110 valence electrons. The molecule has 0 saturated carbocycles. The number of nitrogens with zero attached hydrogens (tertiary/aromatic N) is 1. The Morgan fingerprint density at radius 1 is 1.40 bits per heavy atom. The molecule has 1 aliphatic rings. The molecule has 0 fully saturated rings. The zero-order valence-corrected chi connectivity index (χ0v) is 12.6. The molecule has 1 aliphatic heterocycles. The van der Waals surface area contributed by atoms with E-state index in [0.29, 0.717) is 13.2 Å². The van der Waals surface area contributed by atoms with Crippen LogP contribution in [0.3, 0.4) is 0 Å². The van der Waals surface area contributed by atoms with Gasteiger partial charge in [-0.05, 0) is 36.6 Å². The molecule has 1 amide bonds. The van der Waals surface area contributed by atoms with Crippen molar-refractivity contribution in [2.45, 2.75) is 39.4 Å². The van der Waals surface area contributed by atoms with E-state index in [4.69, 9.17) is 4.74 Å². The average molecular weight is 276 g/mol. The summed E-state index contributed by atoms with van der Waals surface area (Å²) in [5.74, 6) is 0.103. The first-order valence-corrected chi connectivity index (χ1v) is 7.29. The van der Waals surface area contributed by atoms with Gasteiger partial charge in [0.05, 0.1) is 6.61 Å². The van der Waals surface area contributed by atoms with Gasteiger partial charge in [0.15, 0.2) is 0 Å². The molecule has 4 heteroatoms. The van der Waals surface area contributed by atoms with E-state index in [2.05, 4.69) is 25.2 Å². The number of rotatable bonds is 6. The highest BCUT2D eigenvalue weighted by molar-refractivity contribution is 5.94. The smallest absolute Gasteiger partial charge is 0.254 e. The number of amides is 1. The number of carbonyl (C=O) groups excluding carboxylic acids is 1. The van der Waals surface area contributed by atoms with E-state index < -0.39 is 0 Å². The number of fused-ring (bicyclic) bond motifs is 1. The molecule has 0 radical (unpaired) electrons. The fourth-order valence-corrected chi connectivity index (χ4v) is 2.53. The van der Waals surface area contributed by atoms with Crippen LogP contribution in [-0.4, -0.2) is 37.1 Å². The molecule has 1 N–H and O–H groups in total. The quantitative estimate of drug-likeness (QED) is 0.866. The molecule has 4 nitrogen and oxygen atoms in total. The van der Waals surface area contributed by atoms with Gasteiger partial charge >= 0.3 is 0 Å². The van der Waals surface area contributed by atoms with Crippen LogP contribution in [0.15, 0.2) is 18.2 Å². The van der Waals surface area contributed by atoms with E-state index >= 15 is 0 Å². The summed E-state index contributed by atoms with van der Waals surface area (Å²) in [7, 11) is 1.67. The molecule has 0 spiro atoms. The molecule has 0 bridgehead atoms. The average Bonchev–Trinajstić information content (AvgIpc) is 2.94. The van der Waals surface area contributed by atoms with Crippen LogP contribution in [-0.2, 0) is 17.8 Å². The maximum atomic E-state index is 12.7. The van der Waals surface area contributed by atoms with E-state index in [9.17, 15) is 4.79 Å². The Labute approximate surface area is 121 Å². The lowest BCUT2D eigenvalue weighted by molar-refractivity contribution is 0.0614. The van der Waals surface area contributed by atoms with Crippen LogP contribution in [0.1, 0.15) is 41.8 Å². The first-order valence-electron chi connectivity index (χ1n) is 7.29. The van der Waals surface area contributed by atoms with Crippen molar-refractivity contribution in [2.24, 2.45) is 0 Å². The lowest BCUT2D eigenvalue weighted by Crippen LogP contribution is -2.40. The highest BCUT2D eigenvalue weighted by Crippen LogP contribution is 2.19. The summed E-state index contributed by atoms with van der Waals surface area (Å²) < 4.78 is 5.12. The summed E-state index contributed by atoms with van der Waals surface area (Å²) in [6.07, 6.45) is 0.946. The second-order valence-electron chi connectivity index (χ2n) is 5.34. The van der Waals surface area contributed by atoms with Crippen molar-refractivity contribution < 1.29 is 9.53 Å². The third-order valence-electron chi connectivity index (χ3n) is 4.00. The summed E-state index contributed by atoms with van der Waals surface area (Å²) in [5.41, 5.74) is 3.32. The molecule has 1 heterocycles. The van der Waals surface area contributed by atoms with Crippen LogP contribution in [0.5, 0.6) is 0 Å². The molecule has 1 aromatic rings. The van der Waals surface area contributed by atoms with Crippen molar-refractivity contribution in [3.63, 3.8) is 0 Å². The third-order valence-corrected chi connectivity index (χ3v) is 4.00. The summed E-state index contributed by atoms with van der Waals surface area (Å²) in [4.78, 5) is 14.6. The molecule has 1 unspecified atom stereocenters. The summed E-state index contributed by atoms with van der Waals surface area (Å²) in [5, 5.41) is 3.31. The fraction of sp³-hybridized carbons (Fsp3) is 0.562. The normalized spacial score (nSPS) is 14.9. The van der Waals surface area contributed by atoms with Crippen molar-refractivity contribution >= 4 is 5.91 Å². The van der Waals surface area contributed by atoms with Crippen molar-refractivity contribution in [1.29, 1.82) is 0 Å². The zero-order valence-electron chi connectivity index (χ0n) is 12.6. The number of ether oxygens (including phenoxy) is 1.